The first-order valence-corrected chi connectivity index (χ1v) is 8.72. The molecule has 0 aliphatic rings. The minimum atomic E-state index is -3.88. The molecular weight excluding hydrogens is 302 g/mol. The van der Waals surface area contributed by atoms with Crippen molar-refractivity contribution in [2.75, 3.05) is 12.0 Å². The molecule has 1 atom stereocenters. The van der Waals surface area contributed by atoms with Crippen LogP contribution >= 0.6 is 11.8 Å². The number of carboxylic acid groups (broad SMARTS) is 1. The maximum Gasteiger partial charge on any atom is 0.321 e. The van der Waals surface area contributed by atoms with Crippen molar-refractivity contribution in [3.05, 3.63) is 29.8 Å². The van der Waals surface area contributed by atoms with Gasteiger partial charge in [-0.25, -0.2) is 8.42 Å². The number of rotatable bonds is 8. The Morgan fingerprint density at radius 2 is 1.95 bits per heavy atom. The smallest absolute Gasteiger partial charge is 0.321 e. The highest BCUT2D eigenvalue weighted by Crippen LogP contribution is 2.12. The number of aliphatic hydroxyl groups excluding tert-OH is 1. The summed E-state index contributed by atoms with van der Waals surface area (Å²) in [5.41, 5.74) is 0.584. The second kappa shape index (κ2) is 7.63. The number of sulfonamides is 1. The average molecular weight is 319 g/mol. The molecule has 112 valence electrons. The van der Waals surface area contributed by atoms with Crippen molar-refractivity contribution in [1.82, 2.24) is 4.72 Å². The number of thioether (sulfide) groups is 1. The number of aliphatic carboxylic acids is 1. The molecule has 0 amide bonds. The predicted octanol–water partition coefficient (Wildman–Crippen LogP) is 0.663. The average Bonchev–Trinajstić information content (AvgIpc) is 2.43. The van der Waals surface area contributed by atoms with E-state index in [0.717, 1.165) is 0 Å². The van der Waals surface area contributed by atoms with Crippen LogP contribution in [-0.4, -0.2) is 42.7 Å². The zero-order valence-corrected chi connectivity index (χ0v) is 12.6. The van der Waals surface area contributed by atoms with E-state index in [1.54, 1.807) is 0 Å². The molecule has 6 nitrogen and oxygen atoms in total. The SMILES string of the molecule is CSCC[C@H](NS(=O)(=O)c1ccc(CO)cc1)C(=O)O. The lowest BCUT2D eigenvalue weighted by Gasteiger charge is -2.14. The fraction of sp³-hybridized carbons (Fsp3) is 0.417. The molecule has 3 N–H and O–H groups in total. The summed E-state index contributed by atoms with van der Waals surface area (Å²) in [6.45, 7) is -0.181. The fourth-order valence-electron chi connectivity index (χ4n) is 1.50. The molecule has 0 heterocycles. The van der Waals surface area contributed by atoms with E-state index in [4.69, 9.17) is 10.2 Å². The monoisotopic (exact) mass is 319 g/mol. The van der Waals surface area contributed by atoms with Crippen LogP contribution in [0.5, 0.6) is 0 Å². The van der Waals surface area contributed by atoms with Crippen LogP contribution in [0.2, 0.25) is 0 Å². The number of aliphatic hydroxyl groups is 1. The molecule has 8 heteroatoms. The summed E-state index contributed by atoms with van der Waals surface area (Å²) in [5, 5.41) is 17.9. The van der Waals surface area contributed by atoms with E-state index >= 15 is 0 Å². The van der Waals surface area contributed by atoms with E-state index in [2.05, 4.69) is 4.72 Å². The molecule has 0 saturated heterocycles. The third-order valence-electron chi connectivity index (χ3n) is 2.62. The van der Waals surface area contributed by atoms with Crippen LogP contribution in [0.25, 0.3) is 0 Å². The van der Waals surface area contributed by atoms with E-state index < -0.39 is 22.0 Å². The van der Waals surface area contributed by atoms with Gasteiger partial charge < -0.3 is 10.2 Å². The van der Waals surface area contributed by atoms with Crippen molar-refractivity contribution >= 4 is 27.8 Å². The first-order chi connectivity index (χ1) is 9.40. The number of nitrogens with one attached hydrogen (secondary N) is 1. The highest BCUT2D eigenvalue weighted by atomic mass is 32.2. The Bertz CT molecular complexity index is 541. The second-order valence-corrected chi connectivity index (χ2v) is 6.80. The number of carboxylic acids is 1. The van der Waals surface area contributed by atoms with Crippen LogP contribution in [0.15, 0.2) is 29.2 Å². The van der Waals surface area contributed by atoms with Crippen molar-refractivity contribution in [3.8, 4) is 0 Å². The normalized spacial score (nSPS) is 13.1. The Morgan fingerprint density at radius 1 is 1.35 bits per heavy atom. The molecule has 0 radical (unpaired) electrons. The van der Waals surface area contributed by atoms with Crippen molar-refractivity contribution in [1.29, 1.82) is 0 Å². The van der Waals surface area contributed by atoms with Gasteiger partial charge in [-0.3, -0.25) is 4.79 Å². The van der Waals surface area contributed by atoms with Crippen LogP contribution in [0.1, 0.15) is 12.0 Å². The van der Waals surface area contributed by atoms with E-state index in [-0.39, 0.29) is 17.9 Å². The lowest BCUT2D eigenvalue weighted by Crippen LogP contribution is -2.41. The Hall–Kier alpha value is -1.09. The van der Waals surface area contributed by atoms with Crippen LogP contribution < -0.4 is 4.72 Å². The molecule has 0 saturated carbocycles. The molecule has 0 bridgehead atoms. The molecule has 0 unspecified atom stereocenters. The summed E-state index contributed by atoms with van der Waals surface area (Å²) >= 11 is 1.45. The third kappa shape index (κ3) is 4.78. The Morgan fingerprint density at radius 3 is 2.40 bits per heavy atom. The summed E-state index contributed by atoms with van der Waals surface area (Å²) < 4.78 is 26.3. The minimum absolute atomic E-state index is 0.0231. The first kappa shape index (κ1) is 17.0. The molecule has 0 aliphatic carbocycles. The van der Waals surface area contributed by atoms with Crippen molar-refractivity contribution in [2.45, 2.75) is 24.0 Å². The highest BCUT2D eigenvalue weighted by molar-refractivity contribution is 7.98. The highest BCUT2D eigenvalue weighted by Gasteiger charge is 2.24. The number of benzene rings is 1. The molecule has 20 heavy (non-hydrogen) atoms. The van der Waals surface area contributed by atoms with E-state index in [9.17, 15) is 13.2 Å². The van der Waals surface area contributed by atoms with Gasteiger partial charge in [-0.2, -0.15) is 16.5 Å². The zero-order chi connectivity index (χ0) is 15.2. The second-order valence-electron chi connectivity index (χ2n) is 4.10. The molecule has 1 rings (SSSR count). The van der Waals surface area contributed by atoms with Gasteiger partial charge in [0.15, 0.2) is 0 Å². The number of hydrogen-bond donors (Lipinski definition) is 3. The van der Waals surface area contributed by atoms with Crippen LogP contribution in [0.3, 0.4) is 0 Å². The van der Waals surface area contributed by atoms with Crippen LogP contribution in [0, 0.1) is 0 Å². The van der Waals surface area contributed by atoms with Crippen molar-refractivity contribution in [3.63, 3.8) is 0 Å². The van der Waals surface area contributed by atoms with Crippen LogP contribution in [-0.2, 0) is 21.4 Å². The molecule has 0 aliphatic heterocycles. The first-order valence-electron chi connectivity index (χ1n) is 5.84. The lowest BCUT2D eigenvalue weighted by molar-refractivity contribution is -0.139. The van der Waals surface area contributed by atoms with Crippen molar-refractivity contribution in [2.24, 2.45) is 0 Å². The predicted molar refractivity (Wildman–Crippen MR) is 77.1 cm³/mol. The molecule has 1 aromatic rings. The number of hydrogen-bond acceptors (Lipinski definition) is 5. The Balaban J connectivity index is 2.88. The standard InChI is InChI=1S/C12H17NO5S2/c1-19-7-6-11(12(15)16)13-20(17,18)10-4-2-9(8-14)3-5-10/h2-5,11,13-14H,6-8H2,1H3,(H,15,16)/t11-/m0/s1. The largest absolute Gasteiger partial charge is 0.480 e. The Kier molecular flexibility index (Phi) is 6.47. The zero-order valence-electron chi connectivity index (χ0n) is 10.9. The summed E-state index contributed by atoms with van der Waals surface area (Å²) in [5.74, 6) is -0.655. The molecule has 0 aromatic heterocycles. The molecule has 0 fully saturated rings. The molecule has 0 spiro atoms. The topological polar surface area (TPSA) is 104 Å². The number of carbonyl (C=O) groups is 1. The van der Waals surface area contributed by atoms with E-state index in [0.29, 0.717) is 11.3 Å². The fourth-order valence-corrected chi connectivity index (χ4v) is 3.19. The summed E-state index contributed by atoms with van der Waals surface area (Å²) in [4.78, 5) is 11.0. The summed E-state index contributed by atoms with van der Waals surface area (Å²) in [7, 11) is -3.88. The van der Waals surface area contributed by atoms with Gasteiger partial charge in [0.25, 0.3) is 0 Å². The van der Waals surface area contributed by atoms with E-state index in [1.165, 1.54) is 36.0 Å². The van der Waals surface area contributed by atoms with Gasteiger partial charge >= 0.3 is 5.97 Å². The van der Waals surface area contributed by atoms with Crippen molar-refractivity contribution < 1.29 is 23.4 Å². The summed E-state index contributed by atoms with van der Waals surface area (Å²) in [6.07, 6.45) is 2.03. The van der Waals surface area contributed by atoms with E-state index in [1.807, 2.05) is 6.26 Å². The summed E-state index contributed by atoms with van der Waals surface area (Å²) in [6, 6.07) is 4.48. The molecular formula is C12H17NO5S2. The van der Waals surface area contributed by atoms with Gasteiger partial charge in [0.1, 0.15) is 6.04 Å². The quantitative estimate of drug-likeness (QED) is 0.650. The Labute approximate surface area is 122 Å². The maximum atomic E-state index is 12.1. The molecule has 1 aromatic carbocycles. The van der Waals surface area contributed by atoms with Gasteiger partial charge in [-0.05, 0) is 36.1 Å². The third-order valence-corrected chi connectivity index (χ3v) is 4.75. The minimum Gasteiger partial charge on any atom is -0.480 e. The van der Waals surface area contributed by atoms with Gasteiger partial charge in [-0.15, -0.1) is 0 Å². The van der Waals surface area contributed by atoms with Gasteiger partial charge in [0.2, 0.25) is 10.0 Å². The maximum absolute atomic E-state index is 12.1. The van der Waals surface area contributed by atoms with Gasteiger partial charge in [0.05, 0.1) is 11.5 Å². The lowest BCUT2D eigenvalue weighted by atomic mass is 10.2. The van der Waals surface area contributed by atoms with Gasteiger partial charge in [0, 0.05) is 0 Å². The van der Waals surface area contributed by atoms with Crippen LogP contribution in [0.4, 0.5) is 0 Å². The van der Waals surface area contributed by atoms with Gasteiger partial charge in [-0.1, -0.05) is 12.1 Å².